The van der Waals surface area contributed by atoms with Crippen molar-refractivity contribution in [2.75, 3.05) is 0 Å². The number of carbonyl (C=O) groups excluding carboxylic acids is 1. The van der Waals surface area contributed by atoms with Crippen molar-refractivity contribution in [3.8, 4) is 11.6 Å². The minimum Gasteiger partial charge on any atom is -0.494 e. The van der Waals surface area contributed by atoms with Crippen molar-refractivity contribution in [1.29, 1.82) is 0 Å². The van der Waals surface area contributed by atoms with Gasteiger partial charge in [-0.3, -0.25) is 14.6 Å². The van der Waals surface area contributed by atoms with E-state index >= 15 is 0 Å². The standard InChI is InChI=1S/C26H22N2O3/c1-16-11-12-21(13-17(16)2)28-25(30)23-10-5-4-9-22(23)24(26(28)31)15-27-20-8-6-7-19(14-20)18(3)29/h4-15,31H,1-3H3. The number of aliphatic imine (C=N–C) groups is 1. The molecule has 3 aromatic carbocycles. The lowest BCUT2D eigenvalue weighted by atomic mass is 10.1. The van der Waals surface area contributed by atoms with Crippen LogP contribution in [0, 0.1) is 13.8 Å². The Bertz CT molecular complexity index is 1410. The molecule has 1 heterocycles. The molecule has 0 saturated carbocycles. The average molecular weight is 410 g/mol. The maximum atomic E-state index is 13.2. The van der Waals surface area contributed by atoms with Gasteiger partial charge >= 0.3 is 0 Å². The lowest BCUT2D eigenvalue weighted by molar-refractivity contribution is 0.101. The number of fused-ring (bicyclic) bond motifs is 1. The first-order valence-electron chi connectivity index (χ1n) is 9.96. The Kier molecular flexibility index (Phi) is 5.26. The van der Waals surface area contributed by atoms with Gasteiger partial charge in [0.05, 0.1) is 16.9 Å². The van der Waals surface area contributed by atoms with Crippen molar-refractivity contribution < 1.29 is 9.90 Å². The molecule has 0 radical (unpaired) electrons. The predicted octanol–water partition coefficient (Wildman–Crippen LogP) is 5.27. The van der Waals surface area contributed by atoms with E-state index in [4.69, 9.17) is 0 Å². The van der Waals surface area contributed by atoms with Gasteiger partial charge in [-0.1, -0.05) is 36.4 Å². The zero-order valence-corrected chi connectivity index (χ0v) is 17.6. The smallest absolute Gasteiger partial charge is 0.265 e. The van der Waals surface area contributed by atoms with Gasteiger partial charge in [0, 0.05) is 22.6 Å². The van der Waals surface area contributed by atoms with Crippen molar-refractivity contribution >= 4 is 28.5 Å². The fourth-order valence-electron chi connectivity index (χ4n) is 3.54. The van der Waals surface area contributed by atoms with Gasteiger partial charge < -0.3 is 5.11 Å². The van der Waals surface area contributed by atoms with E-state index in [0.29, 0.717) is 33.3 Å². The average Bonchev–Trinajstić information content (AvgIpc) is 2.76. The summed E-state index contributed by atoms with van der Waals surface area (Å²) in [7, 11) is 0. The second-order valence-corrected chi connectivity index (χ2v) is 7.56. The number of aromatic nitrogens is 1. The summed E-state index contributed by atoms with van der Waals surface area (Å²) in [4.78, 5) is 29.3. The highest BCUT2D eigenvalue weighted by Gasteiger charge is 2.16. The molecule has 4 rings (SSSR count). The number of carbonyl (C=O) groups is 1. The highest BCUT2D eigenvalue weighted by atomic mass is 16.3. The van der Waals surface area contributed by atoms with Crippen LogP contribution in [0.25, 0.3) is 16.5 Å². The lowest BCUT2D eigenvalue weighted by Crippen LogP contribution is -2.20. The monoisotopic (exact) mass is 410 g/mol. The highest BCUT2D eigenvalue weighted by Crippen LogP contribution is 2.27. The molecule has 0 spiro atoms. The van der Waals surface area contributed by atoms with Gasteiger partial charge in [0.15, 0.2) is 5.78 Å². The van der Waals surface area contributed by atoms with E-state index in [0.717, 1.165) is 11.1 Å². The zero-order valence-electron chi connectivity index (χ0n) is 17.6. The quantitative estimate of drug-likeness (QED) is 0.368. The van der Waals surface area contributed by atoms with E-state index in [1.165, 1.54) is 17.7 Å². The molecule has 0 saturated heterocycles. The molecular weight excluding hydrogens is 388 g/mol. The van der Waals surface area contributed by atoms with Gasteiger partial charge in [-0.05, 0) is 62.2 Å². The van der Waals surface area contributed by atoms with Crippen molar-refractivity contribution in [2.45, 2.75) is 20.8 Å². The summed E-state index contributed by atoms with van der Waals surface area (Å²) in [6, 6.07) is 19.7. The molecule has 154 valence electrons. The summed E-state index contributed by atoms with van der Waals surface area (Å²) in [5, 5.41) is 12.2. The molecule has 0 bridgehead atoms. The number of hydrogen-bond acceptors (Lipinski definition) is 4. The lowest BCUT2D eigenvalue weighted by Gasteiger charge is -2.14. The molecule has 0 atom stereocenters. The van der Waals surface area contributed by atoms with Crippen LogP contribution in [0.2, 0.25) is 0 Å². The summed E-state index contributed by atoms with van der Waals surface area (Å²) in [5.41, 5.74) is 3.99. The van der Waals surface area contributed by atoms with Gasteiger partial charge in [-0.2, -0.15) is 0 Å². The Morgan fingerprint density at radius 3 is 2.39 bits per heavy atom. The van der Waals surface area contributed by atoms with E-state index in [-0.39, 0.29) is 17.2 Å². The Morgan fingerprint density at radius 2 is 1.68 bits per heavy atom. The predicted molar refractivity (Wildman–Crippen MR) is 124 cm³/mol. The van der Waals surface area contributed by atoms with Crippen LogP contribution in [0.3, 0.4) is 0 Å². The largest absolute Gasteiger partial charge is 0.494 e. The molecule has 1 N–H and O–H groups in total. The van der Waals surface area contributed by atoms with Crippen LogP contribution in [0.1, 0.15) is 34.0 Å². The number of aryl methyl sites for hydroxylation is 2. The van der Waals surface area contributed by atoms with Gasteiger partial charge in [0.1, 0.15) is 0 Å². The summed E-state index contributed by atoms with van der Waals surface area (Å²) in [5.74, 6) is -0.230. The minimum atomic E-state index is -0.299. The van der Waals surface area contributed by atoms with Gasteiger partial charge in [-0.25, -0.2) is 4.57 Å². The second-order valence-electron chi connectivity index (χ2n) is 7.56. The van der Waals surface area contributed by atoms with Crippen LogP contribution >= 0.6 is 0 Å². The van der Waals surface area contributed by atoms with Crippen LogP contribution in [0.15, 0.2) is 76.5 Å². The van der Waals surface area contributed by atoms with Gasteiger partial charge in [0.25, 0.3) is 5.56 Å². The van der Waals surface area contributed by atoms with Crippen molar-refractivity contribution in [3.63, 3.8) is 0 Å². The number of Topliss-reactive ketones (excluding diaryl/α,β-unsaturated/α-hetero) is 1. The fraction of sp³-hybridized carbons (Fsp3) is 0.115. The van der Waals surface area contributed by atoms with E-state index in [9.17, 15) is 14.7 Å². The third-order valence-electron chi connectivity index (χ3n) is 5.45. The molecule has 5 nitrogen and oxygen atoms in total. The number of hydrogen-bond donors (Lipinski definition) is 1. The number of ketones is 1. The van der Waals surface area contributed by atoms with Crippen molar-refractivity contribution in [2.24, 2.45) is 4.99 Å². The number of aromatic hydroxyl groups is 1. The van der Waals surface area contributed by atoms with E-state index in [2.05, 4.69) is 4.99 Å². The Morgan fingerprint density at radius 1 is 0.935 bits per heavy atom. The first-order valence-corrected chi connectivity index (χ1v) is 9.96. The maximum absolute atomic E-state index is 13.2. The van der Waals surface area contributed by atoms with Crippen molar-refractivity contribution in [3.05, 3.63) is 99.3 Å². The summed E-state index contributed by atoms with van der Waals surface area (Å²) in [6.45, 7) is 5.46. The summed E-state index contributed by atoms with van der Waals surface area (Å²) < 4.78 is 1.31. The molecular formula is C26H22N2O3. The van der Waals surface area contributed by atoms with Crippen LogP contribution in [-0.2, 0) is 0 Å². The van der Waals surface area contributed by atoms with Crippen LogP contribution in [-0.4, -0.2) is 21.7 Å². The number of benzene rings is 3. The number of nitrogens with zero attached hydrogens (tertiary/aromatic N) is 2. The summed E-state index contributed by atoms with van der Waals surface area (Å²) >= 11 is 0. The first-order chi connectivity index (χ1) is 14.9. The molecule has 0 fully saturated rings. The normalized spacial score (nSPS) is 11.3. The molecule has 4 aromatic rings. The van der Waals surface area contributed by atoms with Crippen LogP contribution < -0.4 is 5.56 Å². The SMILES string of the molecule is CC(=O)c1cccc(N=Cc2c(O)n(-c3ccc(C)c(C)c3)c(=O)c3ccccc23)c1. The zero-order chi connectivity index (χ0) is 22.1. The first kappa shape index (κ1) is 20.3. The number of pyridine rings is 1. The number of rotatable bonds is 4. The summed E-state index contributed by atoms with van der Waals surface area (Å²) in [6.07, 6.45) is 1.54. The highest BCUT2D eigenvalue weighted by molar-refractivity contribution is 6.02. The van der Waals surface area contributed by atoms with E-state index in [1.807, 2.05) is 38.1 Å². The maximum Gasteiger partial charge on any atom is 0.265 e. The molecule has 0 aliphatic heterocycles. The Labute approximate surface area is 179 Å². The Balaban J connectivity index is 1.95. The molecule has 0 unspecified atom stereocenters. The molecule has 0 amide bonds. The van der Waals surface area contributed by atoms with Gasteiger partial charge in [-0.15, -0.1) is 0 Å². The fourth-order valence-corrected chi connectivity index (χ4v) is 3.54. The molecule has 1 aromatic heterocycles. The molecule has 0 aliphatic rings. The molecule has 0 aliphatic carbocycles. The van der Waals surface area contributed by atoms with Gasteiger partial charge in [0.2, 0.25) is 5.88 Å². The topological polar surface area (TPSA) is 71.7 Å². The Hall–Kier alpha value is -3.99. The van der Waals surface area contributed by atoms with Crippen molar-refractivity contribution in [1.82, 2.24) is 4.57 Å². The minimum absolute atomic E-state index is 0.0476. The van der Waals surface area contributed by atoms with E-state index < -0.39 is 0 Å². The second kappa shape index (κ2) is 8.03. The van der Waals surface area contributed by atoms with E-state index in [1.54, 1.807) is 42.5 Å². The molecule has 31 heavy (non-hydrogen) atoms. The van der Waals surface area contributed by atoms with Crippen LogP contribution in [0.4, 0.5) is 5.69 Å². The molecule has 5 heteroatoms. The third-order valence-corrected chi connectivity index (χ3v) is 5.45. The van der Waals surface area contributed by atoms with Crippen LogP contribution in [0.5, 0.6) is 5.88 Å². The third kappa shape index (κ3) is 3.78.